The summed E-state index contributed by atoms with van der Waals surface area (Å²) in [4.78, 5) is 14.3. The number of aryl methyl sites for hydroxylation is 1. The maximum absolute atomic E-state index is 11.9. The summed E-state index contributed by atoms with van der Waals surface area (Å²) in [5.74, 6) is 0.136. The van der Waals surface area contributed by atoms with E-state index in [-0.39, 0.29) is 5.91 Å². The molecule has 1 amide bonds. The molecule has 4 nitrogen and oxygen atoms in total. The van der Waals surface area contributed by atoms with Gasteiger partial charge in [-0.15, -0.1) is 0 Å². The topological polar surface area (TPSA) is 37.3 Å². The molecule has 0 spiro atoms. The number of carbonyl (C=O) groups is 1. The van der Waals surface area contributed by atoms with Gasteiger partial charge in [-0.1, -0.05) is 32.0 Å². The van der Waals surface area contributed by atoms with Crippen LogP contribution in [0.4, 0.5) is 0 Å². The van der Waals surface area contributed by atoms with Gasteiger partial charge in [0.2, 0.25) is 5.91 Å². The van der Waals surface area contributed by atoms with Gasteiger partial charge in [-0.3, -0.25) is 4.79 Å². The van der Waals surface area contributed by atoms with E-state index in [4.69, 9.17) is 0 Å². The molecule has 120 valence electrons. The quantitative estimate of drug-likeness (QED) is 0.723. The fourth-order valence-corrected chi connectivity index (χ4v) is 2.72. The average Bonchev–Trinajstić information content (AvgIpc) is 2.96. The van der Waals surface area contributed by atoms with Gasteiger partial charge >= 0.3 is 0 Å². The molecule has 0 saturated carbocycles. The van der Waals surface area contributed by atoms with Gasteiger partial charge in [0.25, 0.3) is 0 Å². The molecule has 0 radical (unpaired) electrons. The van der Waals surface area contributed by atoms with Crippen LogP contribution < -0.4 is 5.32 Å². The molecule has 0 aliphatic rings. The van der Waals surface area contributed by atoms with Crippen LogP contribution in [-0.4, -0.2) is 41.6 Å². The zero-order chi connectivity index (χ0) is 15.8. The lowest BCUT2D eigenvalue weighted by molar-refractivity contribution is -0.121. The molecule has 2 rings (SSSR count). The summed E-state index contributed by atoms with van der Waals surface area (Å²) in [5, 5.41) is 4.24. The highest BCUT2D eigenvalue weighted by Crippen LogP contribution is 2.15. The van der Waals surface area contributed by atoms with Crippen molar-refractivity contribution in [2.45, 2.75) is 33.2 Å². The lowest BCUT2D eigenvalue weighted by atomic mass is 10.2. The highest BCUT2D eigenvalue weighted by Gasteiger charge is 2.04. The monoisotopic (exact) mass is 301 g/mol. The summed E-state index contributed by atoms with van der Waals surface area (Å²) in [7, 11) is 0. The van der Waals surface area contributed by atoms with Crippen molar-refractivity contribution in [1.82, 2.24) is 14.8 Å². The minimum absolute atomic E-state index is 0.136. The van der Waals surface area contributed by atoms with Crippen molar-refractivity contribution in [3.8, 4) is 0 Å². The molecule has 22 heavy (non-hydrogen) atoms. The van der Waals surface area contributed by atoms with Crippen molar-refractivity contribution < 1.29 is 4.79 Å². The molecule has 2 aromatic rings. The van der Waals surface area contributed by atoms with Crippen molar-refractivity contribution in [3.05, 3.63) is 36.5 Å². The Hall–Kier alpha value is -1.81. The minimum atomic E-state index is 0.136. The molecule has 1 aromatic carbocycles. The summed E-state index contributed by atoms with van der Waals surface area (Å²) in [6, 6.07) is 10.4. The Morgan fingerprint density at radius 2 is 1.95 bits per heavy atom. The Kier molecular flexibility index (Phi) is 6.46. The van der Waals surface area contributed by atoms with E-state index in [1.807, 2.05) is 12.1 Å². The van der Waals surface area contributed by atoms with Gasteiger partial charge in [0, 0.05) is 31.2 Å². The molecule has 0 unspecified atom stereocenters. The largest absolute Gasteiger partial charge is 0.356 e. The molecule has 0 saturated heterocycles. The van der Waals surface area contributed by atoms with Crippen molar-refractivity contribution in [1.29, 1.82) is 0 Å². The van der Waals surface area contributed by atoms with Crippen molar-refractivity contribution in [3.63, 3.8) is 0 Å². The number of carbonyl (C=O) groups excluding carboxylic acids is 1. The molecule has 0 bridgehead atoms. The third kappa shape index (κ3) is 4.60. The summed E-state index contributed by atoms with van der Waals surface area (Å²) in [5.41, 5.74) is 1.19. The number of rotatable bonds is 9. The van der Waals surface area contributed by atoms with Crippen molar-refractivity contribution in [2.24, 2.45) is 0 Å². The second-order valence-electron chi connectivity index (χ2n) is 5.55. The molecular weight excluding hydrogens is 274 g/mol. The SMILES string of the molecule is CCN(CC)CCCNC(=O)CCn1ccc2ccccc21. The Balaban J connectivity index is 1.70. The number of para-hydroxylation sites is 1. The minimum Gasteiger partial charge on any atom is -0.356 e. The van der Waals surface area contributed by atoms with E-state index in [1.165, 1.54) is 10.9 Å². The van der Waals surface area contributed by atoms with Crippen LogP contribution in [0.5, 0.6) is 0 Å². The van der Waals surface area contributed by atoms with Crippen LogP contribution in [0.1, 0.15) is 26.7 Å². The van der Waals surface area contributed by atoms with Crippen LogP contribution in [0, 0.1) is 0 Å². The van der Waals surface area contributed by atoms with E-state index in [2.05, 4.69) is 53.0 Å². The Morgan fingerprint density at radius 1 is 1.18 bits per heavy atom. The number of nitrogens with zero attached hydrogens (tertiary/aromatic N) is 2. The third-order valence-electron chi connectivity index (χ3n) is 4.13. The van der Waals surface area contributed by atoms with Gasteiger partial charge in [-0.25, -0.2) is 0 Å². The number of hydrogen-bond donors (Lipinski definition) is 1. The number of hydrogen-bond acceptors (Lipinski definition) is 2. The van der Waals surface area contributed by atoms with Crippen LogP contribution in [0.2, 0.25) is 0 Å². The molecule has 1 aromatic heterocycles. The number of aromatic nitrogens is 1. The van der Waals surface area contributed by atoms with Crippen LogP contribution in [-0.2, 0) is 11.3 Å². The zero-order valence-electron chi connectivity index (χ0n) is 13.7. The lowest BCUT2D eigenvalue weighted by Crippen LogP contribution is -2.30. The van der Waals surface area contributed by atoms with Crippen molar-refractivity contribution in [2.75, 3.05) is 26.2 Å². The predicted molar refractivity (Wildman–Crippen MR) is 92.0 cm³/mol. The third-order valence-corrected chi connectivity index (χ3v) is 4.13. The fourth-order valence-electron chi connectivity index (χ4n) is 2.72. The molecule has 4 heteroatoms. The highest BCUT2D eigenvalue weighted by atomic mass is 16.1. The number of fused-ring (bicyclic) bond motifs is 1. The van der Waals surface area contributed by atoms with Crippen LogP contribution in [0.15, 0.2) is 36.5 Å². The van der Waals surface area contributed by atoms with Gasteiger partial charge in [0.15, 0.2) is 0 Å². The molecule has 0 fully saturated rings. The Bertz CT molecular complexity index is 587. The first-order chi connectivity index (χ1) is 10.7. The lowest BCUT2D eigenvalue weighted by Gasteiger charge is -2.17. The van der Waals surface area contributed by atoms with Gasteiger partial charge in [0.05, 0.1) is 0 Å². The van der Waals surface area contributed by atoms with Crippen LogP contribution in [0.3, 0.4) is 0 Å². The van der Waals surface area contributed by atoms with Gasteiger partial charge in [-0.05, 0) is 43.6 Å². The second-order valence-corrected chi connectivity index (χ2v) is 5.55. The molecule has 1 N–H and O–H groups in total. The summed E-state index contributed by atoms with van der Waals surface area (Å²) >= 11 is 0. The maximum atomic E-state index is 11.9. The molecule has 0 aliphatic heterocycles. The van der Waals surface area contributed by atoms with E-state index in [0.717, 1.165) is 39.1 Å². The van der Waals surface area contributed by atoms with Gasteiger partial charge in [0.1, 0.15) is 0 Å². The average molecular weight is 301 g/mol. The van der Waals surface area contributed by atoms with E-state index in [9.17, 15) is 4.79 Å². The van der Waals surface area contributed by atoms with Crippen LogP contribution in [0.25, 0.3) is 10.9 Å². The summed E-state index contributed by atoms with van der Waals surface area (Å²) in [6.07, 6.45) is 3.60. The van der Waals surface area contributed by atoms with Gasteiger partial charge < -0.3 is 14.8 Å². The van der Waals surface area contributed by atoms with E-state index in [0.29, 0.717) is 6.42 Å². The first kappa shape index (κ1) is 16.6. The summed E-state index contributed by atoms with van der Waals surface area (Å²) in [6.45, 7) is 9.04. The van der Waals surface area contributed by atoms with Gasteiger partial charge in [-0.2, -0.15) is 0 Å². The van der Waals surface area contributed by atoms with E-state index in [1.54, 1.807) is 0 Å². The zero-order valence-corrected chi connectivity index (χ0v) is 13.7. The number of benzene rings is 1. The first-order valence-electron chi connectivity index (χ1n) is 8.27. The molecule has 0 atom stereocenters. The molecular formula is C18H27N3O. The van der Waals surface area contributed by atoms with Crippen LogP contribution >= 0.6 is 0 Å². The maximum Gasteiger partial charge on any atom is 0.221 e. The smallest absolute Gasteiger partial charge is 0.221 e. The number of amides is 1. The standard InChI is InChI=1S/C18H27N3O/c1-3-20(4-2)13-7-12-19-18(22)11-15-21-14-10-16-8-5-6-9-17(16)21/h5-6,8-10,14H,3-4,7,11-13,15H2,1-2H3,(H,19,22). The predicted octanol–water partition coefficient (Wildman–Crippen LogP) is 2.88. The van der Waals surface area contributed by atoms with E-state index < -0.39 is 0 Å². The fraction of sp³-hybridized carbons (Fsp3) is 0.500. The van der Waals surface area contributed by atoms with Crippen molar-refractivity contribution >= 4 is 16.8 Å². The molecule has 1 heterocycles. The normalized spacial score (nSPS) is 11.2. The second kappa shape index (κ2) is 8.59. The number of nitrogens with one attached hydrogen (secondary N) is 1. The Labute approximate surface area is 133 Å². The Morgan fingerprint density at radius 3 is 2.73 bits per heavy atom. The first-order valence-corrected chi connectivity index (χ1v) is 8.27. The molecule has 0 aliphatic carbocycles. The van der Waals surface area contributed by atoms with E-state index >= 15 is 0 Å². The summed E-state index contributed by atoms with van der Waals surface area (Å²) < 4.78 is 2.14. The highest BCUT2D eigenvalue weighted by molar-refractivity contribution is 5.80.